The van der Waals surface area contributed by atoms with Crippen molar-refractivity contribution in [2.75, 3.05) is 31.7 Å². The molecule has 0 aliphatic rings. The number of likely N-dealkylation sites (N-methyl/N-ethyl adjacent to an activating group) is 1. The predicted molar refractivity (Wildman–Crippen MR) is 88.4 cm³/mol. The summed E-state index contributed by atoms with van der Waals surface area (Å²) in [6.07, 6.45) is 2.52. The molecule has 2 aromatic rings. The molecule has 21 heavy (non-hydrogen) atoms. The molecule has 1 heterocycles. The second-order valence-corrected chi connectivity index (χ2v) is 5.69. The van der Waals surface area contributed by atoms with Crippen LogP contribution in [0.2, 0.25) is 10.0 Å². The number of hydrogen-bond donors (Lipinski definition) is 2. The Morgan fingerprint density at radius 1 is 1.24 bits per heavy atom. The largest absolute Gasteiger partial charge is 0.383 e. The second kappa shape index (κ2) is 6.93. The lowest BCUT2D eigenvalue weighted by Gasteiger charge is -2.12. The maximum absolute atomic E-state index is 6.10. The van der Waals surface area contributed by atoms with Gasteiger partial charge >= 0.3 is 0 Å². The van der Waals surface area contributed by atoms with Gasteiger partial charge in [0.25, 0.3) is 0 Å². The van der Waals surface area contributed by atoms with Crippen LogP contribution in [0.15, 0.2) is 24.4 Å². The SMILES string of the molecule is CN(C)CCc1cnc(Nc2c(Cl)cccc2Cl)nc1N. The molecule has 3 N–H and O–H groups in total. The van der Waals surface area contributed by atoms with Crippen molar-refractivity contribution in [3.63, 3.8) is 0 Å². The van der Waals surface area contributed by atoms with Crippen LogP contribution in [0.4, 0.5) is 17.5 Å². The first-order chi connectivity index (χ1) is 9.97. The van der Waals surface area contributed by atoms with Crippen LogP contribution in [0.25, 0.3) is 0 Å². The Hall–Kier alpha value is -1.56. The Bertz CT molecular complexity index is 611. The van der Waals surface area contributed by atoms with Gasteiger partial charge in [-0.3, -0.25) is 0 Å². The van der Waals surface area contributed by atoms with Crippen LogP contribution in [-0.4, -0.2) is 35.5 Å². The molecule has 7 heteroatoms. The quantitative estimate of drug-likeness (QED) is 0.883. The van der Waals surface area contributed by atoms with E-state index in [4.69, 9.17) is 28.9 Å². The molecule has 1 aromatic heterocycles. The fraction of sp³-hybridized carbons (Fsp3) is 0.286. The Balaban J connectivity index is 2.17. The highest BCUT2D eigenvalue weighted by atomic mass is 35.5. The lowest BCUT2D eigenvalue weighted by molar-refractivity contribution is 0.413. The highest BCUT2D eigenvalue weighted by molar-refractivity contribution is 6.39. The maximum Gasteiger partial charge on any atom is 0.229 e. The number of halogens is 2. The topological polar surface area (TPSA) is 67.1 Å². The summed E-state index contributed by atoms with van der Waals surface area (Å²) in [4.78, 5) is 10.6. The first-order valence-electron chi connectivity index (χ1n) is 6.44. The van der Waals surface area contributed by atoms with E-state index in [9.17, 15) is 0 Å². The van der Waals surface area contributed by atoms with Gasteiger partial charge < -0.3 is 16.0 Å². The molecule has 0 aliphatic carbocycles. The third-order valence-electron chi connectivity index (χ3n) is 2.93. The lowest BCUT2D eigenvalue weighted by atomic mass is 10.2. The molecular formula is C14H17Cl2N5. The number of anilines is 3. The van der Waals surface area contributed by atoms with Gasteiger partial charge in [-0.05, 0) is 32.6 Å². The van der Waals surface area contributed by atoms with Gasteiger partial charge in [0.05, 0.1) is 15.7 Å². The number of nitrogen functional groups attached to an aromatic ring is 1. The van der Waals surface area contributed by atoms with Crippen LogP contribution >= 0.6 is 23.2 Å². The van der Waals surface area contributed by atoms with Crippen molar-refractivity contribution in [3.8, 4) is 0 Å². The van der Waals surface area contributed by atoms with Crippen molar-refractivity contribution in [1.29, 1.82) is 0 Å². The minimum Gasteiger partial charge on any atom is -0.383 e. The number of nitrogens with two attached hydrogens (primary N) is 1. The van der Waals surface area contributed by atoms with Gasteiger partial charge in [0.2, 0.25) is 5.95 Å². The van der Waals surface area contributed by atoms with Gasteiger partial charge in [0.15, 0.2) is 0 Å². The van der Waals surface area contributed by atoms with E-state index in [2.05, 4.69) is 20.2 Å². The van der Waals surface area contributed by atoms with Crippen LogP contribution in [0.5, 0.6) is 0 Å². The maximum atomic E-state index is 6.10. The fourth-order valence-corrected chi connectivity index (χ4v) is 2.24. The van der Waals surface area contributed by atoms with Crippen LogP contribution in [0, 0.1) is 0 Å². The van der Waals surface area contributed by atoms with Crippen molar-refractivity contribution in [3.05, 3.63) is 40.0 Å². The molecule has 0 aliphatic heterocycles. The van der Waals surface area contributed by atoms with Crippen LogP contribution in [0.3, 0.4) is 0 Å². The van der Waals surface area contributed by atoms with Gasteiger partial charge in [0.1, 0.15) is 5.82 Å². The van der Waals surface area contributed by atoms with Crippen LogP contribution < -0.4 is 11.1 Å². The molecule has 0 saturated carbocycles. The van der Waals surface area contributed by atoms with Gasteiger partial charge in [-0.15, -0.1) is 0 Å². The lowest BCUT2D eigenvalue weighted by Crippen LogP contribution is -2.16. The molecule has 0 unspecified atom stereocenters. The molecule has 5 nitrogen and oxygen atoms in total. The van der Waals surface area contributed by atoms with Gasteiger partial charge in [-0.25, -0.2) is 4.98 Å². The van der Waals surface area contributed by atoms with Crippen molar-refractivity contribution in [1.82, 2.24) is 14.9 Å². The summed E-state index contributed by atoms with van der Waals surface area (Å²) in [5.41, 5.74) is 7.45. The van der Waals surface area contributed by atoms with E-state index in [1.54, 1.807) is 24.4 Å². The number of hydrogen-bond acceptors (Lipinski definition) is 5. The van der Waals surface area contributed by atoms with Gasteiger partial charge in [-0.1, -0.05) is 29.3 Å². The Morgan fingerprint density at radius 2 is 1.90 bits per heavy atom. The zero-order valence-electron chi connectivity index (χ0n) is 11.9. The van der Waals surface area contributed by atoms with E-state index in [0.29, 0.717) is 27.5 Å². The van der Waals surface area contributed by atoms with Crippen molar-refractivity contribution in [2.45, 2.75) is 6.42 Å². The summed E-state index contributed by atoms with van der Waals surface area (Å²) in [5, 5.41) is 4.00. The Morgan fingerprint density at radius 3 is 2.48 bits per heavy atom. The van der Waals surface area contributed by atoms with E-state index in [0.717, 1.165) is 18.5 Å². The molecule has 0 spiro atoms. The summed E-state index contributed by atoms with van der Waals surface area (Å²) in [5.74, 6) is 0.827. The summed E-state index contributed by atoms with van der Waals surface area (Å²) in [7, 11) is 4.01. The molecular weight excluding hydrogens is 309 g/mol. The molecule has 112 valence electrons. The number of para-hydroxylation sites is 1. The summed E-state index contributed by atoms with van der Waals surface area (Å²) < 4.78 is 0. The Kier molecular flexibility index (Phi) is 5.22. The number of nitrogens with zero attached hydrogens (tertiary/aromatic N) is 3. The summed E-state index contributed by atoms with van der Waals surface area (Å²) >= 11 is 12.2. The highest BCUT2D eigenvalue weighted by Gasteiger charge is 2.09. The molecule has 0 atom stereocenters. The summed E-state index contributed by atoms with van der Waals surface area (Å²) in [6.45, 7) is 0.886. The zero-order valence-corrected chi connectivity index (χ0v) is 13.4. The Labute approximate surface area is 134 Å². The normalized spacial score (nSPS) is 10.9. The van der Waals surface area contributed by atoms with Gasteiger partial charge in [0, 0.05) is 18.3 Å². The number of nitrogens with one attached hydrogen (secondary N) is 1. The molecule has 0 saturated heterocycles. The zero-order chi connectivity index (χ0) is 15.4. The third kappa shape index (κ3) is 4.20. The molecule has 0 radical (unpaired) electrons. The number of aromatic nitrogens is 2. The monoisotopic (exact) mass is 325 g/mol. The molecule has 0 bridgehead atoms. The third-order valence-corrected chi connectivity index (χ3v) is 3.56. The fourth-order valence-electron chi connectivity index (χ4n) is 1.75. The standard InChI is InChI=1S/C14H17Cl2N5/c1-21(2)7-6-9-8-18-14(20-13(9)17)19-12-10(15)4-3-5-11(12)16/h3-5,8H,6-7H2,1-2H3,(H3,17,18,19,20). The first kappa shape index (κ1) is 15.8. The molecule has 0 fully saturated rings. The molecule has 1 aromatic carbocycles. The number of benzene rings is 1. The summed E-state index contributed by atoms with van der Waals surface area (Å²) in [6, 6.07) is 5.25. The number of rotatable bonds is 5. The molecule has 2 rings (SSSR count). The smallest absolute Gasteiger partial charge is 0.229 e. The van der Waals surface area contributed by atoms with Crippen molar-refractivity contribution in [2.24, 2.45) is 0 Å². The van der Waals surface area contributed by atoms with Crippen molar-refractivity contribution < 1.29 is 0 Å². The van der Waals surface area contributed by atoms with E-state index in [1.165, 1.54) is 0 Å². The minimum absolute atomic E-state index is 0.371. The van der Waals surface area contributed by atoms with E-state index in [-0.39, 0.29) is 0 Å². The average Bonchev–Trinajstić information content (AvgIpc) is 2.42. The second-order valence-electron chi connectivity index (χ2n) is 4.88. The van der Waals surface area contributed by atoms with Gasteiger partial charge in [-0.2, -0.15) is 4.98 Å². The van der Waals surface area contributed by atoms with Crippen molar-refractivity contribution >= 4 is 40.7 Å². The highest BCUT2D eigenvalue weighted by Crippen LogP contribution is 2.31. The van der Waals surface area contributed by atoms with Crippen LogP contribution in [-0.2, 0) is 6.42 Å². The van der Waals surface area contributed by atoms with E-state index < -0.39 is 0 Å². The van der Waals surface area contributed by atoms with Crippen LogP contribution in [0.1, 0.15) is 5.56 Å². The predicted octanol–water partition coefficient (Wildman–Crippen LogP) is 3.21. The van der Waals surface area contributed by atoms with E-state index in [1.807, 2.05) is 14.1 Å². The first-order valence-corrected chi connectivity index (χ1v) is 7.20. The van der Waals surface area contributed by atoms with E-state index >= 15 is 0 Å². The molecule has 0 amide bonds. The minimum atomic E-state index is 0.371. The average molecular weight is 326 g/mol.